The number of methoxy groups -OCH3 is 1. The van der Waals surface area contributed by atoms with Gasteiger partial charge < -0.3 is 20.1 Å². The number of anilines is 2. The fraction of sp³-hybridized carbons (Fsp3) is 0.312. The van der Waals surface area contributed by atoms with Gasteiger partial charge in [0.15, 0.2) is 5.69 Å². The van der Waals surface area contributed by atoms with Crippen molar-refractivity contribution in [2.24, 2.45) is 0 Å². The highest BCUT2D eigenvalue weighted by Crippen LogP contribution is 2.33. The third-order valence-corrected chi connectivity index (χ3v) is 4.19. The Morgan fingerprint density at radius 3 is 2.92 bits per heavy atom. The van der Waals surface area contributed by atoms with Gasteiger partial charge in [0.1, 0.15) is 5.75 Å². The molecule has 24 heavy (non-hydrogen) atoms. The van der Waals surface area contributed by atoms with E-state index in [0.717, 1.165) is 19.5 Å². The highest BCUT2D eigenvalue weighted by molar-refractivity contribution is 6.33. The van der Waals surface area contributed by atoms with Crippen LogP contribution in [0.5, 0.6) is 5.75 Å². The van der Waals surface area contributed by atoms with E-state index < -0.39 is 5.97 Å². The number of hydrogen-bond acceptors (Lipinski definition) is 6. The molecule has 1 aliphatic heterocycles. The summed E-state index contributed by atoms with van der Waals surface area (Å²) in [7, 11) is 3.66. The van der Waals surface area contributed by atoms with Crippen molar-refractivity contribution in [1.82, 2.24) is 14.9 Å². The summed E-state index contributed by atoms with van der Waals surface area (Å²) in [5.41, 5.74) is 2.88. The van der Waals surface area contributed by atoms with Gasteiger partial charge in [0.05, 0.1) is 24.0 Å². The van der Waals surface area contributed by atoms with Crippen molar-refractivity contribution in [3.05, 3.63) is 40.2 Å². The SMILES string of the molecule is COc1cc2c(cc1Nc1ncc(Cl)c(C(=O)O)n1)CN(C)CC2. The van der Waals surface area contributed by atoms with Crippen LogP contribution in [0.1, 0.15) is 21.6 Å². The molecule has 2 N–H and O–H groups in total. The quantitative estimate of drug-likeness (QED) is 0.877. The van der Waals surface area contributed by atoms with Crippen molar-refractivity contribution in [3.8, 4) is 5.75 Å². The number of aromatic carboxylic acids is 1. The number of carboxylic acid groups (broad SMARTS) is 1. The fourth-order valence-corrected chi connectivity index (χ4v) is 2.86. The fourth-order valence-electron chi connectivity index (χ4n) is 2.69. The maximum atomic E-state index is 11.1. The standard InChI is InChI=1S/C16H17ClN4O3/c1-21-4-3-9-6-13(24-2)12(5-10(9)8-21)19-16-18-7-11(17)14(20-16)15(22)23/h5-7H,3-4,8H2,1-2H3,(H,22,23)(H,18,19,20). The van der Waals surface area contributed by atoms with Crippen molar-refractivity contribution < 1.29 is 14.6 Å². The predicted molar refractivity (Wildman–Crippen MR) is 90.3 cm³/mol. The third-order valence-electron chi connectivity index (χ3n) is 3.92. The predicted octanol–water partition coefficient (Wildman–Crippen LogP) is 2.57. The Morgan fingerprint density at radius 1 is 1.42 bits per heavy atom. The topological polar surface area (TPSA) is 87.6 Å². The molecule has 2 aromatic rings. The lowest BCUT2D eigenvalue weighted by molar-refractivity contribution is 0.0690. The van der Waals surface area contributed by atoms with E-state index in [1.165, 1.54) is 17.3 Å². The number of rotatable bonds is 4. The number of fused-ring (bicyclic) bond motifs is 1. The highest BCUT2D eigenvalue weighted by Gasteiger charge is 2.18. The Balaban J connectivity index is 1.96. The van der Waals surface area contributed by atoms with Crippen molar-refractivity contribution >= 4 is 29.2 Å². The molecule has 0 aliphatic carbocycles. The van der Waals surface area contributed by atoms with E-state index in [4.69, 9.17) is 21.4 Å². The molecule has 1 aromatic heterocycles. The Bertz CT molecular complexity index is 797. The zero-order valence-electron chi connectivity index (χ0n) is 13.3. The van der Waals surface area contributed by atoms with E-state index >= 15 is 0 Å². The largest absolute Gasteiger partial charge is 0.495 e. The molecular formula is C16H17ClN4O3. The number of aromatic nitrogens is 2. The lowest BCUT2D eigenvalue weighted by atomic mass is 9.99. The van der Waals surface area contributed by atoms with E-state index in [0.29, 0.717) is 11.4 Å². The van der Waals surface area contributed by atoms with E-state index in [-0.39, 0.29) is 16.7 Å². The Kier molecular flexibility index (Phi) is 4.55. The van der Waals surface area contributed by atoms with Crippen molar-refractivity contribution in [2.75, 3.05) is 26.0 Å². The van der Waals surface area contributed by atoms with Crippen molar-refractivity contribution in [3.63, 3.8) is 0 Å². The zero-order chi connectivity index (χ0) is 17.3. The molecule has 126 valence electrons. The van der Waals surface area contributed by atoms with Crippen LogP contribution in [0.25, 0.3) is 0 Å². The summed E-state index contributed by atoms with van der Waals surface area (Å²) in [6.45, 7) is 1.85. The number of carboxylic acids is 1. The Hall–Kier alpha value is -2.38. The number of carbonyl (C=O) groups is 1. The molecular weight excluding hydrogens is 332 g/mol. The number of halogens is 1. The van der Waals surface area contributed by atoms with E-state index in [2.05, 4.69) is 27.2 Å². The van der Waals surface area contributed by atoms with Gasteiger partial charge in [0, 0.05) is 13.1 Å². The summed E-state index contributed by atoms with van der Waals surface area (Å²) >= 11 is 5.80. The number of ether oxygens (including phenoxy) is 1. The molecule has 0 amide bonds. The number of likely N-dealkylation sites (N-methyl/N-ethyl adjacent to an activating group) is 1. The first kappa shape index (κ1) is 16.5. The normalized spacial score (nSPS) is 14.1. The average Bonchev–Trinajstić information content (AvgIpc) is 2.55. The molecule has 1 aromatic carbocycles. The van der Waals surface area contributed by atoms with Gasteiger partial charge in [-0.05, 0) is 36.7 Å². The summed E-state index contributed by atoms with van der Waals surface area (Å²) in [6, 6.07) is 3.99. The van der Waals surface area contributed by atoms with Crippen LogP contribution in [0.2, 0.25) is 5.02 Å². The molecule has 8 heteroatoms. The Labute approximate surface area is 144 Å². The minimum absolute atomic E-state index is 0.00733. The molecule has 0 saturated carbocycles. The van der Waals surface area contributed by atoms with Gasteiger partial charge in [-0.2, -0.15) is 0 Å². The maximum absolute atomic E-state index is 11.1. The first-order chi connectivity index (χ1) is 11.5. The van der Waals surface area contributed by atoms with E-state index in [1.807, 2.05) is 12.1 Å². The molecule has 0 saturated heterocycles. The zero-order valence-corrected chi connectivity index (χ0v) is 14.1. The summed E-state index contributed by atoms with van der Waals surface area (Å²) < 4.78 is 5.44. The van der Waals surface area contributed by atoms with Crippen LogP contribution in [0.3, 0.4) is 0 Å². The van der Waals surface area contributed by atoms with Crippen LogP contribution in [0, 0.1) is 0 Å². The maximum Gasteiger partial charge on any atom is 0.356 e. The van der Waals surface area contributed by atoms with E-state index in [9.17, 15) is 4.79 Å². The van der Waals surface area contributed by atoms with Crippen LogP contribution in [0.4, 0.5) is 11.6 Å². The summed E-state index contributed by atoms with van der Waals surface area (Å²) in [6.07, 6.45) is 2.22. The van der Waals surface area contributed by atoms with Crippen LogP contribution in [-0.2, 0) is 13.0 Å². The molecule has 0 radical (unpaired) electrons. The summed E-state index contributed by atoms with van der Waals surface area (Å²) in [5.74, 6) is -0.391. The summed E-state index contributed by atoms with van der Waals surface area (Å²) in [4.78, 5) is 21.4. The second-order valence-corrected chi connectivity index (χ2v) is 6.04. The van der Waals surface area contributed by atoms with Gasteiger partial charge in [-0.25, -0.2) is 14.8 Å². The van der Waals surface area contributed by atoms with Gasteiger partial charge in [0.25, 0.3) is 0 Å². The lowest BCUT2D eigenvalue weighted by Gasteiger charge is -2.26. The molecule has 0 bridgehead atoms. The van der Waals surface area contributed by atoms with Crippen LogP contribution in [0.15, 0.2) is 18.3 Å². The monoisotopic (exact) mass is 348 g/mol. The van der Waals surface area contributed by atoms with Gasteiger partial charge in [-0.15, -0.1) is 0 Å². The molecule has 0 spiro atoms. The second kappa shape index (κ2) is 6.62. The molecule has 1 aliphatic rings. The number of nitrogens with one attached hydrogen (secondary N) is 1. The van der Waals surface area contributed by atoms with Crippen LogP contribution >= 0.6 is 11.6 Å². The van der Waals surface area contributed by atoms with Crippen LogP contribution < -0.4 is 10.1 Å². The minimum Gasteiger partial charge on any atom is -0.495 e. The number of hydrogen-bond donors (Lipinski definition) is 2. The average molecular weight is 349 g/mol. The first-order valence-corrected chi connectivity index (χ1v) is 7.77. The Morgan fingerprint density at radius 2 is 2.21 bits per heavy atom. The number of nitrogens with zero attached hydrogens (tertiary/aromatic N) is 3. The van der Waals surface area contributed by atoms with Gasteiger partial charge in [-0.1, -0.05) is 11.6 Å². The minimum atomic E-state index is -1.20. The first-order valence-electron chi connectivity index (χ1n) is 7.39. The van der Waals surface area contributed by atoms with Crippen LogP contribution in [-0.4, -0.2) is 46.6 Å². The molecule has 0 atom stereocenters. The van der Waals surface area contributed by atoms with Gasteiger partial charge in [0.2, 0.25) is 5.95 Å². The molecule has 3 rings (SSSR count). The van der Waals surface area contributed by atoms with Gasteiger partial charge >= 0.3 is 5.97 Å². The molecule has 0 fully saturated rings. The second-order valence-electron chi connectivity index (χ2n) is 5.63. The lowest BCUT2D eigenvalue weighted by Crippen LogP contribution is -2.26. The smallest absolute Gasteiger partial charge is 0.356 e. The van der Waals surface area contributed by atoms with Crippen molar-refractivity contribution in [2.45, 2.75) is 13.0 Å². The third kappa shape index (κ3) is 3.27. The van der Waals surface area contributed by atoms with Gasteiger partial charge in [-0.3, -0.25) is 0 Å². The molecule has 2 heterocycles. The van der Waals surface area contributed by atoms with E-state index in [1.54, 1.807) is 7.11 Å². The highest BCUT2D eigenvalue weighted by atomic mass is 35.5. The summed E-state index contributed by atoms with van der Waals surface area (Å²) in [5, 5.41) is 12.1. The number of benzene rings is 1. The molecule has 0 unspecified atom stereocenters. The molecule has 7 nitrogen and oxygen atoms in total. The van der Waals surface area contributed by atoms with Crippen molar-refractivity contribution in [1.29, 1.82) is 0 Å².